The highest BCUT2D eigenvalue weighted by molar-refractivity contribution is 8.93. The lowest BCUT2D eigenvalue weighted by atomic mass is 10.1. The van der Waals surface area contributed by atoms with Crippen LogP contribution in [0.25, 0.3) is 0 Å². The number of rotatable bonds is 21. The maximum absolute atomic E-state index is 2.32. The van der Waals surface area contributed by atoms with Gasteiger partial charge in [0.05, 0.1) is 0 Å². The van der Waals surface area contributed by atoms with Gasteiger partial charge >= 0.3 is 0 Å². The zero-order valence-electron chi connectivity index (χ0n) is 18.7. The summed E-state index contributed by atoms with van der Waals surface area (Å²) in [6.07, 6.45) is 31.2. The number of hydrogen-bond acceptors (Lipinski definition) is 0. The van der Waals surface area contributed by atoms with E-state index in [1.807, 2.05) is 0 Å². The summed E-state index contributed by atoms with van der Waals surface area (Å²) in [6.45, 7) is 6.96. The molecule has 0 radical (unpaired) electrons. The molecule has 0 saturated heterocycles. The Hall–Kier alpha value is 0.910. The first-order chi connectivity index (χ1) is 12.3. The summed E-state index contributed by atoms with van der Waals surface area (Å²) < 4.78 is 0. The minimum atomic E-state index is 0. The van der Waals surface area contributed by atoms with E-state index in [4.69, 9.17) is 0 Å². The summed E-state index contributed by atoms with van der Waals surface area (Å²) in [7, 11) is 0.366. The molecule has 0 N–H and O–H groups in total. The van der Waals surface area contributed by atoms with E-state index in [2.05, 4.69) is 20.8 Å². The number of halogens is 1. The molecule has 160 valence electrons. The van der Waals surface area contributed by atoms with E-state index in [1.54, 1.807) is 18.5 Å². The van der Waals surface area contributed by atoms with E-state index in [-0.39, 0.29) is 17.0 Å². The molecule has 0 aliphatic carbocycles. The van der Waals surface area contributed by atoms with Gasteiger partial charge in [-0.15, -0.1) is 24.9 Å². The molecule has 0 aliphatic heterocycles. The van der Waals surface area contributed by atoms with Crippen LogP contribution in [-0.4, -0.2) is 18.5 Å². The van der Waals surface area contributed by atoms with Gasteiger partial charge in [0, 0.05) is 0 Å². The fourth-order valence-corrected chi connectivity index (χ4v) is 6.37. The maximum Gasteiger partial charge on any atom is -0.0326 e. The average Bonchev–Trinajstić information content (AvgIpc) is 2.63. The zero-order valence-corrected chi connectivity index (χ0v) is 21.3. The van der Waals surface area contributed by atoms with Gasteiger partial charge < -0.3 is 0 Å². The van der Waals surface area contributed by atoms with Gasteiger partial charge in [0.2, 0.25) is 0 Å². The summed E-state index contributed by atoms with van der Waals surface area (Å²) in [6, 6.07) is 0. The highest BCUT2D eigenvalue weighted by Gasteiger charge is 2.07. The SMILES string of the molecule is Br.CCCCCCCCP(CCCCCCCC)CCCCCCCC. The maximum atomic E-state index is 2.32. The van der Waals surface area contributed by atoms with Crippen molar-refractivity contribution < 1.29 is 0 Å². The Kier molecular flexibility index (Phi) is 29.0. The molecule has 0 nitrogen and oxygen atoms in total. The standard InChI is InChI=1S/C24H51P.BrH/c1-4-7-10-13-16-19-22-25(23-20-17-14-11-8-5-2)24-21-18-15-12-9-6-3;/h4-24H2,1-3H3;1H. The van der Waals surface area contributed by atoms with Gasteiger partial charge in [0.15, 0.2) is 0 Å². The van der Waals surface area contributed by atoms with Gasteiger partial charge in [0.25, 0.3) is 0 Å². The Labute approximate surface area is 179 Å². The van der Waals surface area contributed by atoms with Crippen molar-refractivity contribution >= 4 is 24.9 Å². The molecule has 0 aromatic heterocycles. The van der Waals surface area contributed by atoms with Gasteiger partial charge in [-0.25, -0.2) is 0 Å². The van der Waals surface area contributed by atoms with Crippen molar-refractivity contribution in [3.8, 4) is 0 Å². The molecule has 0 amide bonds. The smallest absolute Gasteiger partial charge is 0.0326 e. The molecule has 26 heavy (non-hydrogen) atoms. The van der Waals surface area contributed by atoms with Crippen LogP contribution in [-0.2, 0) is 0 Å². The first-order valence-electron chi connectivity index (χ1n) is 12.1. The van der Waals surface area contributed by atoms with Crippen molar-refractivity contribution in [2.45, 2.75) is 136 Å². The summed E-state index contributed by atoms with van der Waals surface area (Å²) in [5.41, 5.74) is 0. The first-order valence-corrected chi connectivity index (χ1v) is 14.0. The second-order valence-electron chi connectivity index (χ2n) is 8.14. The number of unbranched alkanes of at least 4 members (excludes halogenated alkanes) is 15. The van der Waals surface area contributed by atoms with Crippen molar-refractivity contribution in [2.24, 2.45) is 0 Å². The molecule has 0 fully saturated rings. The van der Waals surface area contributed by atoms with Crippen molar-refractivity contribution in [1.82, 2.24) is 0 Å². The van der Waals surface area contributed by atoms with E-state index < -0.39 is 0 Å². The van der Waals surface area contributed by atoms with Gasteiger partial charge in [0.1, 0.15) is 0 Å². The number of hydrogen-bond donors (Lipinski definition) is 0. The Morgan fingerprint density at radius 1 is 0.346 bits per heavy atom. The molecule has 0 aromatic carbocycles. The predicted molar refractivity (Wildman–Crippen MR) is 132 cm³/mol. The molecule has 2 heteroatoms. The molecule has 0 rings (SSSR count). The topological polar surface area (TPSA) is 0 Å². The van der Waals surface area contributed by atoms with Crippen molar-refractivity contribution in [1.29, 1.82) is 0 Å². The largest absolute Gasteiger partial charge is 0.114 e. The molecule has 0 aromatic rings. The van der Waals surface area contributed by atoms with Crippen LogP contribution in [0.5, 0.6) is 0 Å². The lowest BCUT2D eigenvalue weighted by molar-refractivity contribution is 0.617. The minimum absolute atomic E-state index is 0. The molecule has 0 bridgehead atoms. The van der Waals surface area contributed by atoms with Crippen molar-refractivity contribution in [2.75, 3.05) is 18.5 Å². The van der Waals surface area contributed by atoms with Crippen LogP contribution in [0.1, 0.15) is 136 Å². The lowest BCUT2D eigenvalue weighted by Crippen LogP contribution is -1.97. The van der Waals surface area contributed by atoms with Crippen LogP contribution in [0, 0.1) is 0 Å². The quantitative estimate of drug-likeness (QED) is 0.120. The third-order valence-corrected chi connectivity index (χ3v) is 8.33. The van der Waals surface area contributed by atoms with Gasteiger partial charge in [-0.05, 0) is 37.7 Å². The fraction of sp³-hybridized carbons (Fsp3) is 1.00. The Balaban J connectivity index is 0. The van der Waals surface area contributed by atoms with Crippen molar-refractivity contribution in [3.05, 3.63) is 0 Å². The zero-order chi connectivity index (χ0) is 18.4. The summed E-state index contributed by atoms with van der Waals surface area (Å²) >= 11 is 0. The van der Waals surface area contributed by atoms with Crippen LogP contribution >= 0.6 is 24.9 Å². The van der Waals surface area contributed by atoms with E-state index >= 15 is 0 Å². The average molecular weight is 452 g/mol. The molecule has 0 aliphatic rings. The molecule has 0 atom stereocenters. The molecular formula is C24H52BrP. The molecule has 0 unspecified atom stereocenters. The lowest BCUT2D eigenvalue weighted by Gasteiger charge is -2.18. The minimum Gasteiger partial charge on any atom is -0.114 e. The molecule has 0 spiro atoms. The predicted octanol–water partition coefficient (Wildman–Crippen LogP) is 10.1. The second-order valence-corrected chi connectivity index (χ2v) is 10.8. The van der Waals surface area contributed by atoms with Crippen LogP contribution in [0.3, 0.4) is 0 Å². The van der Waals surface area contributed by atoms with Crippen molar-refractivity contribution in [3.63, 3.8) is 0 Å². The highest BCUT2D eigenvalue weighted by Crippen LogP contribution is 2.39. The van der Waals surface area contributed by atoms with Gasteiger partial charge in [-0.2, -0.15) is 0 Å². The van der Waals surface area contributed by atoms with E-state index in [9.17, 15) is 0 Å². The highest BCUT2D eigenvalue weighted by atomic mass is 79.9. The van der Waals surface area contributed by atoms with Crippen LogP contribution in [0.2, 0.25) is 0 Å². The monoisotopic (exact) mass is 450 g/mol. The first kappa shape index (κ1) is 29.1. The van der Waals surface area contributed by atoms with E-state index in [0.717, 1.165) is 0 Å². The molecule has 0 heterocycles. The molecular weight excluding hydrogens is 399 g/mol. The Bertz CT molecular complexity index is 194. The summed E-state index contributed by atoms with van der Waals surface area (Å²) in [4.78, 5) is 0. The van der Waals surface area contributed by atoms with Crippen LogP contribution in [0.4, 0.5) is 0 Å². The third kappa shape index (κ3) is 23.0. The van der Waals surface area contributed by atoms with Gasteiger partial charge in [-0.3, -0.25) is 0 Å². The summed E-state index contributed by atoms with van der Waals surface area (Å²) in [5.74, 6) is 0. The van der Waals surface area contributed by atoms with Gasteiger partial charge in [-0.1, -0.05) is 117 Å². The second kappa shape index (κ2) is 25.9. The van der Waals surface area contributed by atoms with E-state index in [0.29, 0.717) is 7.92 Å². The fourth-order valence-electron chi connectivity index (χ4n) is 3.68. The van der Waals surface area contributed by atoms with Crippen LogP contribution in [0.15, 0.2) is 0 Å². The Morgan fingerprint density at radius 2 is 0.577 bits per heavy atom. The van der Waals surface area contributed by atoms with E-state index in [1.165, 1.54) is 116 Å². The normalized spacial score (nSPS) is 11.1. The third-order valence-electron chi connectivity index (χ3n) is 5.48. The summed E-state index contributed by atoms with van der Waals surface area (Å²) in [5, 5.41) is 0. The Morgan fingerprint density at radius 3 is 0.846 bits per heavy atom. The van der Waals surface area contributed by atoms with Crippen LogP contribution < -0.4 is 0 Å². The molecule has 0 saturated carbocycles.